The van der Waals surface area contributed by atoms with Crippen LogP contribution in [0.15, 0.2) is 48.5 Å². The highest BCUT2D eigenvalue weighted by Crippen LogP contribution is 2.18. The lowest BCUT2D eigenvalue weighted by molar-refractivity contribution is -0.113. The molecule has 0 aromatic heterocycles. The summed E-state index contributed by atoms with van der Waals surface area (Å²) in [7, 11) is 1.61. The first-order valence-electron chi connectivity index (χ1n) is 6.74. The molecule has 0 aliphatic rings. The zero-order valence-corrected chi connectivity index (χ0v) is 13.1. The number of nitrogens with one attached hydrogen (secondary N) is 1. The average molecular weight is 301 g/mol. The van der Waals surface area contributed by atoms with Crippen LogP contribution in [0.4, 0.5) is 5.69 Å². The molecule has 0 heterocycles. The van der Waals surface area contributed by atoms with Crippen LogP contribution in [0.25, 0.3) is 0 Å². The Balaban J connectivity index is 1.79. The van der Waals surface area contributed by atoms with Gasteiger partial charge in [-0.3, -0.25) is 4.79 Å². The number of carbonyl (C=O) groups is 1. The molecule has 0 aliphatic heterocycles. The predicted molar refractivity (Wildman–Crippen MR) is 89.0 cm³/mol. The largest absolute Gasteiger partial charge is 0.497 e. The van der Waals surface area contributed by atoms with Gasteiger partial charge in [-0.15, -0.1) is 11.8 Å². The molecule has 1 amide bonds. The summed E-state index contributed by atoms with van der Waals surface area (Å²) in [6.07, 6.45) is 0. The molecule has 0 saturated carbocycles. The fourth-order valence-electron chi connectivity index (χ4n) is 1.96. The van der Waals surface area contributed by atoms with E-state index >= 15 is 0 Å². The summed E-state index contributed by atoms with van der Waals surface area (Å²) in [5.74, 6) is 2.01. The number of anilines is 1. The highest BCUT2D eigenvalue weighted by atomic mass is 32.2. The molecule has 0 bridgehead atoms. The van der Waals surface area contributed by atoms with E-state index in [0.717, 1.165) is 17.2 Å². The summed E-state index contributed by atoms with van der Waals surface area (Å²) in [5, 5.41) is 2.87. The van der Waals surface area contributed by atoms with E-state index in [1.807, 2.05) is 30.3 Å². The number of carbonyl (C=O) groups excluding carboxylic acids is 1. The van der Waals surface area contributed by atoms with Gasteiger partial charge in [-0.1, -0.05) is 35.9 Å². The molecule has 1 N–H and O–H groups in total. The normalized spacial score (nSPS) is 10.2. The van der Waals surface area contributed by atoms with Crippen LogP contribution < -0.4 is 10.1 Å². The summed E-state index contributed by atoms with van der Waals surface area (Å²) < 4.78 is 5.13. The van der Waals surface area contributed by atoms with Crippen LogP contribution in [0.1, 0.15) is 11.1 Å². The third-order valence-corrected chi connectivity index (χ3v) is 3.94. The molecule has 0 spiro atoms. The molecular weight excluding hydrogens is 282 g/mol. The number of ether oxygens (including phenoxy) is 1. The number of rotatable bonds is 6. The predicted octanol–water partition coefficient (Wildman–Crippen LogP) is 3.88. The van der Waals surface area contributed by atoms with E-state index in [9.17, 15) is 4.79 Å². The summed E-state index contributed by atoms with van der Waals surface area (Å²) in [6, 6.07) is 15.7. The van der Waals surface area contributed by atoms with Crippen molar-refractivity contribution >= 4 is 23.4 Å². The Bertz CT molecular complexity index is 613. The van der Waals surface area contributed by atoms with Gasteiger partial charge in [0, 0.05) is 17.5 Å². The summed E-state index contributed by atoms with van der Waals surface area (Å²) in [6.45, 7) is 2.07. The van der Waals surface area contributed by atoms with Gasteiger partial charge < -0.3 is 10.1 Å². The van der Waals surface area contributed by atoms with Gasteiger partial charge in [0.25, 0.3) is 0 Å². The highest BCUT2D eigenvalue weighted by Gasteiger charge is 2.04. The number of thioether (sulfide) groups is 1. The van der Waals surface area contributed by atoms with Crippen molar-refractivity contribution in [2.45, 2.75) is 12.7 Å². The number of aryl methyl sites for hydroxylation is 1. The van der Waals surface area contributed by atoms with E-state index in [1.54, 1.807) is 18.9 Å². The van der Waals surface area contributed by atoms with Crippen molar-refractivity contribution < 1.29 is 9.53 Å². The lowest BCUT2D eigenvalue weighted by Crippen LogP contribution is -2.14. The second-order valence-corrected chi connectivity index (χ2v) is 5.75. The number of methoxy groups -OCH3 is 1. The summed E-state index contributed by atoms with van der Waals surface area (Å²) in [5.41, 5.74) is 3.25. The molecule has 0 radical (unpaired) electrons. The van der Waals surface area contributed by atoms with Gasteiger partial charge >= 0.3 is 0 Å². The Kier molecular flexibility index (Phi) is 5.69. The average Bonchev–Trinajstić information content (AvgIpc) is 2.47. The fraction of sp³-hybridized carbons (Fsp3) is 0.235. The van der Waals surface area contributed by atoms with Crippen LogP contribution in [-0.4, -0.2) is 18.8 Å². The first kappa shape index (κ1) is 15.4. The van der Waals surface area contributed by atoms with E-state index in [1.165, 1.54) is 11.1 Å². The number of benzene rings is 2. The maximum atomic E-state index is 11.9. The van der Waals surface area contributed by atoms with Crippen molar-refractivity contribution in [3.63, 3.8) is 0 Å². The van der Waals surface area contributed by atoms with Crippen molar-refractivity contribution in [3.8, 4) is 5.75 Å². The van der Waals surface area contributed by atoms with E-state index in [0.29, 0.717) is 5.75 Å². The molecule has 0 aliphatic carbocycles. The van der Waals surface area contributed by atoms with Crippen LogP contribution in [0.3, 0.4) is 0 Å². The van der Waals surface area contributed by atoms with Crippen molar-refractivity contribution in [2.75, 3.05) is 18.2 Å². The van der Waals surface area contributed by atoms with Crippen LogP contribution in [0.2, 0.25) is 0 Å². The van der Waals surface area contributed by atoms with Crippen molar-refractivity contribution in [1.82, 2.24) is 0 Å². The molecule has 110 valence electrons. The molecule has 0 saturated heterocycles. The van der Waals surface area contributed by atoms with Crippen LogP contribution >= 0.6 is 11.8 Å². The minimum Gasteiger partial charge on any atom is -0.497 e. The molecule has 2 aromatic carbocycles. The quantitative estimate of drug-likeness (QED) is 0.880. The van der Waals surface area contributed by atoms with Gasteiger partial charge in [-0.25, -0.2) is 0 Å². The number of amides is 1. The van der Waals surface area contributed by atoms with Crippen LogP contribution in [0, 0.1) is 6.92 Å². The maximum absolute atomic E-state index is 11.9. The number of hydrogen-bond donors (Lipinski definition) is 1. The second-order valence-electron chi connectivity index (χ2n) is 4.76. The van der Waals surface area contributed by atoms with Gasteiger partial charge in [0.1, 0.15) is 5.75 Å². The van der Waals surface area contributed by atoms with Gasteiger partial charge in [0.05, 0.1) is 12.9 Å². The first-order valence-corrected chi connectivity index (χ1v) is 7.90. The van der Waals surface area contributed by atoms with Crippen molar-refractivity contribution in [1.29, 1.82) is 0 Å². The Hall–Kier alpha value is -1.94. The van der Waals surface area contributed by atoms with Crippen LogP contribution in [0.5, 0.6) is 5.75 Å². The van der Waals surface area contributed by atoms with Crippen molar-refractivity contribution in [3.05, 3.63) is 59.7 Å². The highest BCUT2D eigenvalue weighted by molar-refractivity contribution is 7.99. The smallest absolute Gasteiger partial charge is 0.234 e. The maximum Gasteiger partial charge on any atom is 0.234 e. The minimum atomic E-state index is 0.000839. The van der Waals surface area contributed by atoms with E-state index in [2.05, 4.69) is 30.4 Å². The van der Waals surface area contributed by atoms with E-state index in [-0.39, 0.29) is 5.91 Å². The molecule has 2 rings (SSSR count). The zero-order valence-electron chi connectivity index (χ0n) is 12.3. The zero-order chi connectivity index (χ0) is 15.1. The van der Waals surface area contributed by atoms with Crippen LogP contribution in [-0.2, 0) is 10.5 Å². The third-order valence-electron chi connectivity index (χ3n) is 2.94. The molecule has 3 nitrogen and oxygen atoms in total. The Morgan fingerprint density at radius 2 is 2.00 bits per heavy atom. The Morgan fingerprint density at radius 3 is 2.76 bits per heavy atom. The lowest BCUT2D eigenvalue weighted by atomic mass is 10.2. The minimum absolute atomic E-state index is 0.000839. The molecule has 21 heavy (non-hydrogen) atoms. The summed E-state index contributed by atoms with van der Waals surface area (Å²) in [4.78, 5) is 11.9. The van der Waals surface area contributed by atoms with Gasteiger partial charge in [0.2, 0.25) is 5.91 Å². The molecular formula is C17H19NO2S. The topological polar surface area (TPSA) is 38.3 Å². The number of hydrogen-bond acceptors (Lipinski definition) is 3. The van der Waals surface area contributed by atoms with E-state index < -0.39 is 0 Å². The van der Waals surface area contributed by atoms with Gasteiger partial charge in [-0.05, 0) is 24.6 Å². The SMILES string of the molecule is COc1cccc(NC(=O)CSCc2cccc(C)c2)c1. The lowest BCUT2D eigenvalue weighted by Gasteiger charge is -2.07. The van der Waals surface area contributed by atoms with E-state index in [4.69, 9.17) is 4.74 Å². The van der Waals surface area contributed by atoms with Gasteiger partial charge in [0.15, 0.2) is 0 Å². The first-order chi connectivity index (χ1) is 10.2. The molecule has 2 aromatic rings. The standard InChI is InChI=1S/C17H19NO2S/c1-13-5-3-6-14(9-13)11-21-12-17(19)18-15-7-4-8-16(10-15)20-2/h3-10H,11-12H2,1-2H3,(H,18,19). The monoisotopic (exact) mass is 301 g/mol. The Morgan fingerprint density at radius 1 is 1.19 bits per heavy atom. The molecule has 0 fully saturated rings. The third kappa shape index (κ3) is 5.16. The molecule has 0 atom stereocenters. The Labute approximate surface area is 129 Å². The van der Waals surface area contributed by atoms with Crippen molar-refractivity contribution in [2.24, 2.45) is 0 Å². The van der Waals surface area contributed by atoms with Gasteiger partial charge in [-0.2, -0.15) is 0 Å². The second kappa shape index (κ2) is 7.74. The summed E-state index contributed by atoms with van der Waals surface area (Å²) >= 11 is 1.61. The fourth-order valence-corrected chi connectivity index (χ4v) is 2.74. The molecule has 4 heteroatoms. The molecule has 0 unspecified atom stereocenters.